The van der Waals surface area contributed by atoms with E-state index in [1.807, 2.05) is 0 Å². The number of carbonyl (C=O) groups is 1. The van der Waals surface area contributed by atoms with E-state index in [9.17, 15) is 4.79 Å². The van der Waals surface area contributed by atoms with Crippen LogP contribution >= 0.6 is 24.8 Å². The van der Waals surface area contributed by atoms with Crippen molar-refractivity contribution in [2.24, 2.45) is 0 Å². The predicted molar refractivity (Wildman–Crippen MR) is 55.3 cm³/mol. The van der Waals surface area contributed by atoms with Crippen molar-refractivity contribution in [3.63, 3.8) is 0 Å². The first-order valence-corrected chi connectivity index (χ1v) is 3.99. The molecule has 1 heterocycles. The molecule has 0 unspecified atom stereocenters. The van der Waals surface area contributed by atoms with Gasteiger partial charge in [0.15, 0.2) is 0 Å². The maximum absolute atomic E-state index is 10.8. The lowest BCUT2D eigenvalue weighted by Gasteiger charge is -2.25. The summed E-state index contributed by atoms with van der Waals surface area (Å²) in [5, 5.41) is 4.88. The second-order valence-corrected chi connectivity index (χ2v) is 2.50. The Morgan fingerprint density at radius 1 is 1.38 bits per heavy atom. The highest BCUT2D eigenvalue weighted by atomic mass is 35.5. The first-order chi connectivity index (χ1) is 5.33. The second-order valence-electron chi connectivity index (χ2n) is 2.50. The Hall–Kier alpha value is -0.0300. The van der Waals surface area contributed by atoms with Crippen LogP contribution in [0.15, 0.2) is 0 Å². The Labute approximate surface area is 90.8 Å². The zero-order chi connectivity index (χ0) is 8.10. The summed E-state index contributed by atoms with van der Waals surface area (Å²) >= 11 is 0. The molecule has 0 amide bonds. The van der Waals surface area contributed by atoms with Crippen molar-refractivity contribution in [3.05, 3.63) is 0 Å². The summed E-state index contributed by atoms with van der Waals surface area (Å²) in [4.78, 5) is 15.8. The number of hydroxylamine groups is 2. The maximum atomic E-state index is 10.8. The largest absolute Gasteiger partial charge is 0.368 e. The number of nitrogens with one attached hydrogen (secondary N) is 1. The fourth-order valence-corrected chi connectivity index (χ4v) is 0.944. The minimum absolute atomic E-state index is 0. The number of halogens is 2. The van der Waals surface area contributed by atoms with E-state index in [0.29, 0.717) is 6.42 Å². The fourth-order valence-electron chi connectivity index (χ4n) is 0.944. The Morgan fingerprint density at radius 2 is 1.92 bits per heavy atom. The topological polar surface area (TPSA) is 41.6 Å². The Balaban J connectivity index is 0. The van der Waals surface area contributed by atoms with Crippen LogP contribution in [0.5, 0.6) is 0 Å². The van der Waals surface area contributed by atoms with E-state index in [0.717, 1.165) is 26.2 Å². The Kier molecular flexibility index (Phi) is 10.2. The van der Waals surface area contributed by atoms with Crippen molar-refractivity contribution >= 4 is 30.8 Å². The van der Waals surface area contributed by atoms with Gasteiger partial charge in [-0.25, -0.2) is 0 Å². The number of hydrogen-bond acceptors (Lipinski definition) is 4. The SMILES string of the molecule is CCC(=O)ON1CCNCC1.Cl.Cl. The highest BCUT2D eigenvalue weighted by Gasteiger charge is 2.12. The number of carbonyl (C=O) groups excluding carboxylic acids is 1. The third-order valence-electron chi connectivity index (χ3n) is 1.60. The van der Waals surface area contributed by atoms with Crippen LogP contribution in [0.3, 0.4) is 0 Å². The minimum atomic E-state index is -0.146. The summed E-state index contributed by atoms with van der Waals surface area (Å²) in [5.74, 6) is -0.146. The molecule has 0 atom stereocenters. The molecule has 0 aromatic heterocycles. The molecule has 80 valence electrons. The summed E-state index contributed by atoms with van der Waals surface area (Å²) in [5.41, 5.74) is 0. The van der Waals surface area contributed by atoms with Gasteiger partial charge in [0.05, 0.1) is 0 Å². The first-order valence-electron chi connectivity index (χ1n) is 3.99. The maximum Gasteiger partial charge on any atom is 0.324 e. The van der Waals surface area contributed by atoms with Gasteiger partial charge in [0, 0.05) is 32.6 Å². The summed E-state index contributed by atoms with van der Waals surface area (Å²) < 4.78 is 0. The third kappa shape index (κ3) is 6.10. The molecule has 1 N–H and O–H groups in total. The van der Waals surface area contributed by atoms with Gasteiger partial charge in [-0.15, -0.1) is 29.9 Å². The summed E-state index contributed by atoms with van der Waals surface area (Å²) in [6.45, 7) is 5.19. The standard InChI is InChI=1S/C7H14N2O2.2ClH/c1-2-7(10)11-9-5-3-8-4-6-9;;/h8H,2-6H2,1H3;2*1H. The molecule has 0 radical (unpaired) electrons. The highest BCUT2D eigenvalue weighted by Crippen LogP contribution is 1.95. The van der Waals surface area contributed by atoms with Gasteiger partial charge in [-0.1, -0.05) is 6.92 Å². The van der Waals surface area contributed by atoms with E-state index in [1.54, 1.807) is 12.0 Å². The van der Waals surface area contributed by atoms with E-state index in [-0.39, 0.29) is 30.8 Å². The van der Waals surface area contributed by atoms with E-state index < -0.39 is 0 Å². The zero-order valence-electron chi connectivity index (χ0n) is 7.62. The number of rotatable bonds is 2. The molecular weight excluding hydrogens is 215 g/mol. The minimum Gasteiger partial charge on any atom is -0.368 e. The average Bonchev–Trinajstić information content (AvgIpc) is 2.06. The van der Waals surface area contributed by atoms with Gasteiger partial charge in [-0.05, 0) is 0 Å². The van der Waals surface area contributed by atoms with Gasteiger partial charge in [-0.3, -0.25) is 4.79 Å². The van der Waals surface area contributed by atoms with Crippen LogP contribution in [-0.4, -0.2) is 37.2 Å². The molecule has 6 heteroatoms. The number of nitrogens with zero attached hydrogens (tertiary/aromatic N) is 1. The van der Waals surface area contributed by atoms with Crippen LogP contribution in [-0.2, 0) is 9.63 Å². The lowest BCUT2D eigenvalue weighted by Crippen LogP contribution is -2.44. The van der Waals surface area contributed by atoms with Gasteiger partial charge in [-0.2, -0.15) is 0 Å². The van der Waals surface area contributed by atoms with Crippen molar-refractivity contribution in [2.75, 3.05) is 26.2 Å². The Morgan fingerprint density at radius 3 is 2.38 bits per heavy atom. The van der Waals surface area contributed by atoms with E-state index >= 15 is 0 Å². The van der Waals surface area contributed by atoms with Gasteiger partial charge >= 0.3 is 5.97 Å². The molecule has 4 nitrogen and oxygen atoms in total. The van der Waals surface area contributed by atoms with Crippen molar-refractivity contribution in [3.8, 4) is 0 Å². The quantitative estimate of drug-likeness (QED) is 0.755. The lowest BCUT2D eigenvalue weighted by atomic mass is 10.4. The van der Waals surface area contributed by atoms with E-state index in [2.05, 4.69) is 5.32 Å². The van der Waals surface area contributed by atoms with Gasteiger partial charge in [0.25, 0.3) is 0 Å². The molecule has 1 aliphatic heterocycles. The molecule has 1 rings (SSSR count). The van der Waals surface area contributed by atoms with Crippen LogP contribution in [0.1, 0.15) is 13.3 Å². The van der Waals surface area contributed by atoms with Crippen molar-refractivity contribution in [2.45, 2.75) is 13.3 Å². The smallest absolute Gasteiger partial charge is 0.324 e. The third-order valence-corrected chi connectivity index (χ3v) is 1.60. The van der Waals surface area contributed by atoms with E-state index in [4.69, 9.17) is 4.84 Å². The molecule has 0 saturated carbocycles. The van der Waals surface area contributed by atoms with Crippen molar-refractivity contribution in [1.82, 2.24) is 10.4 Å². The summed E-state index contributed by atoms with van der Waals surface area (Å²) in [7, 11) is 0. The molecule has 1 fully saturated rings. The molecule has 1 aliphatic rings. The molecule has 0 aromatic carbocycles. The Bertz CT molecular complexity index is 140. The monoisotopic (exact) mass is 230 g/mol. The first kappa shape index (κ1) is 15.4. The van der Waals surface area contributed by atoms with Crippen LogP contribution in [0.2, 0.25) is 0 Å². The summed E-state index contributed by atoms with van der Waals surface area (Å²) in [6, 6.07) is 0. The molecule has 0 aromatic rings. The molecule has 0 bridgehead atoms. The van der Waals surface area contributed by atoms with Gasteiger partial charge in [0.2, 0.25) is 0 Å². The molecular formula is C7H16Cl2N2O2. The van der Waals surface area contributed by atoms with Crippen LogP contribution in [0, 0.1) is 0 Å². The van der Waals surface area contributed by atoms with Gasteiger partial charge < -0.3 is 10.2 Å². The van der Waals surface area contributed by atoms with E-state index in [1.165, 1.54) is 0 Å². The van der Waals surface area contributed by atoms with Crippen LogP contribution in [0.4, 0.5) is 0 Å². The molecule has 13 heavy (non-hydrogen) atoms. The normalized spacial score (nSPS) is 16.7. The lowest BCUT2D eigenvalue weighted by molar-refractivity contribution is -0.192. The highest BCUT2D eigenvalue weighted by molar-refractivity contribution is 5.85. The van der Waals surface area contributed by atoms with Crippen molar-refractivity contribution < 1.29 is 9.63 Å². The molecule has 1 saturated heterocycles. The number of hydrogen-bond donors (Lipinski definition) is 1. The van der Waals surface area contributed by atoms with Crippen LogP contribution < -0.4 is 5.32 Å². The number of piperazine rings is 1. The predicted octanol–water partition coefficient (Wildman–Crippen LogP) is 0.603. The fraction of sp³-hybridized carbons (Fsp3) is 0.857. The van der Waals surface area contributed by atoms with Crippen LogP contribution in [0.25, 0.3) is 0 Å². The molecule has 0 aliphatic carbocycles. The summed E-state index contributed by atoms with van der Waals surface area (Å²) in [6.07, 6.45) is 0.448. The molecule has 0 spiro atoms. The average molecular weight is 231 g/mol. The van der Waals surface area contributed by atoms with Crippen molar-refractivity contribution in [1.29, 1.82) is 0 Å². The van der Waals surface area contributed by atoms with Gasteiger partial charge in [0.1, 0.15) is 0 Å². The second kappa shape index (κ2) is 8.56. The zero-order valence-corrected chi connectivity index (χ0v) is 9.25.